The molecule has 2 nitrogen and oxygen atoms in total. The molecule has 0 spiro atoms. The van der Waals surface area contributed by atoms with Crippen LogP contribution in [-0.2, 0) is 0 Å². The van der Waals surface area contributed by atoms with Crippen LogP contribution in [0.1, 0.15) is 32.6 Å². The molecule has 1 saturated carbocycles. The van der Waals surface area contributed by atoms with Crippen LogP contribution in [0.4, 0.5) is 0 Å². The van der Waals surface area contributed by atoms with Gasteiger partial charge in [0.2, 0.25) is 0 Å². The van der Waals surface area contributed by atoms with E-state index in [4.69, 9.17) is 5.11 Å². The van der Waals surface area contributed by atoms with Crippen molar-refractivity contribution in [3.05, 3.63) is 0 Å². The van der Waals surface area contributed by atoms with Gasteiger partial charge in [0.05, 0.1) is 6.61 Å². The molecule has 2 atom stereocenters. The summed E-state index contributed by atoms with van der Waals surface area (Å²) in [5, 5.41) is 11.9. The lowest BCUT2D eigenvalue weighted by Gasteiger charge is -2.28. The van der Waals surface area contributed by atoms with E-state index in [2.05, 4.69) is 12.2 Å². The van der Waals surface area contributed by atoms with Crippen molar-refractivity contribution < 1.29 is 5.11 Å². The summed E-state index contributed by atoms with van der Waals surface area (Å²) in [6, 6.07) is 0. The Morgan fingerprint density at radius 1 is 1.33 bits per heavy atom. The number of hydrogen-bond acceptors (Lipinski definition) is 2. The molecule has 0 bridgehead atoms. The average Bonchev–Trinajstić information content (AvgIpc) is 2.09. The van der Waals surface area contributed by atoms with Crippen molar-refractivity contribution in [1.82, 2.24) is 5.32 Å². The SMILES string of the molecule is CC1CCCCC1CNCCO. The number of aliphatic hydroxyl groups excluding tert-OH is 1. The van der Waals surface area contributed by atoms with E-state index in [0.29, 0.717) is 0 Å². The van der Waals surface area contributed by atoms with E-state index < -0.39 is 0 Å². The molecular formula is C10H21NO. The summed E-state index contributed by atoms with van der Waals surface area (Å²) in [6.07, 6.45) is 5.58. The summed E-state index contributed by atoms with van der Waals surface area (Å²) in [5.41, 5.74) is 0. The summed E-state index contributed by atoms with van der Waals surface area (Å²) in [7, 11) is 0. The highest BCUT2D eigenvalue weighted by atomic mass is 16.3. The molecule has 12 heavy (non-hydrogen) atoms. The monoisotopic (exact) mass is 171 g/mol. The van der Waals surface area contributed by atoms with E-state index in [0.717, 1.165) is 24.9 Å². The third-order valence-corrected chi connectivity index (χ3v) is 2.98. The third kappa shape index (κ3) is 3.11. The van der Waals surface area contributed by atoms with Crippen LogP contribution in [0.3, 0.4) is 0 Å². The maximum atomic E-state index is 8.60. The standard InChI is InChI=1S/C10H21NO/c1-9-4-2-3-5-10(9)8-11-6-7-12/h9-12H,2-8H2,1H3. The Hall–Kier alpha value is -0.0800. The topological polar surface area (TPSA) is 32.3 Å². The Morgan fingerprint density at radius 3 is 2.75 bits per heavy atom. The molecule has 1 fully saturated rings. The highest BCUT2D eigenvalue weighted by molar-refractivity contribution is 4.73. The van der Waals surface area contributed by atoms with Crippen molar-refractivity contribution in [2.75, 3.05) is 19.7 Å². The van der Waals surface area contributed by atoms with Crippen LogP contribution in [0.15, 0.2) is 0 Å². The number of hydrogen-bond donors (Lipinski definition) is 2. The van der Waals surface area contributed by atoms with Crippen molar-refractivity contribution >= 4 is 0 Å². The number of rotatable bonds is 4. The van der Waals surface area contributed by atoms with E-state index in [-0.39, 0.29) is 6.61 Å². The van der Waals surface area contributed by atoms with Gasteiger partial charge < -0.3 is 10.4 Å². The van der Waals surface area contributed by atoms with Gasteiger partial charge in [-0.1, -0.05) is 26.2 Å². The number of nitrogens with one attached hydrogen (secondary N) is 1. The van der Waals surface area contributed by atoms with Gasteiger partial charge in [-0.25, -0.2) is 0 Å². The van der Waals surface area contributed by atoms with Crippen LogP contribution in [0.25, 0.3) is 0 Å². The normalized spacial score (nSPS) is 30.5. The molecule has 1 aliphatic rings. The zero-order valence-corrected chi connectivity index (χ0v) is 8.05. The van der Waals surface area contributed by atoms with Crippen LogP contribution >= 0.6 is 0 Å². The van der Waals surface area contributed by atoms with Gasteiger partial charge in [-0.05, 0) is 24.8 Å². The third-order valence-electron chi connectivity index (χ3n) is 2.98. The molecule has 0 heterocycles. The minimum absolute atomic E-state index is 0.265. The highest BCUT2D eigenvalue weighted by Crippen LogP contribution is 2.28. The fraction of sp³-hybridized carbons (Fsp3) is 1.00. The first kappa shape index (κ1) is 10.0. The molecule has 0 radical (unpaired) electrons. The second-order valence-electron chi connectivity index (χ2n) is 3.95. The first-order valence-corrected chi connectivity index (χ1v) is 5.16. The maximum absolute atomic E-state index is 8.60. The van der Waals surface area contributed by atoms with Crippen molar-refractivity contribution in [2.24, 2.45) is 11.8 Å². The molecule has 1 aliphatic carbocycles. The average molecular weight is 171 g/mol. The quantitative estimate of drug-likeness (QED) is 0.627. The molecule has 0 saturated heterocycles. The summed E-state index contributed by atoms with van der Waals surface area (Å²) in [5.74, 6) is 1.73. The second kappa shape index (κ2) is 5.55. The highest BCUT2D eigenvalue weighted by Gasteiger charge is 2.20. The molecule has 1 rings (SSSR count). The lowest BCUT2D eigenvalue weighted by Crippen LogP contribution is -2.30. The minimum atomic E-state index is 0.265. The lowest BCUT2D eigenvalue weighted by atomic mass is 9.80. The van der Waals surface area contributed by atoms with Crippen LogP contribution in [-0.4, -0.2) is 24.8 Å². The molecule has 0 aromatic carbocycles. The first-order valence-electron chi connectivity index (χ1n) is 5.16. The zero-order chi connectivity index (χ0) is 8.81. The molecule has 0 aliphatic heterocycles. The summed E-state index contributed by atoms with van der Waals surface area (Å²) in [4.78, 5) is 0. The van der Waals surface area contributed by atoms with Crippen LogP contribution in [0.5, 0.6) is 0 Å². The van der Waals surface area contributed by atoms with Crippen LogP contribution in [0.2, 0.25) is 0 Å². The smallest absolute Gasteiger partial charge is 0.0555 e. The zero-order valence-electron chi connectivity index (χ0n) is 8.05. The Kier molecular flexibility index (Phi) is 4.62. The number of aliphatic hydroxyl groups is 1. The van der Waals surface area contributed by atoms with Crippen LogP contribution < -0.4 is 5.32 Å². The van der Waals surface area contributed by atoms with E-state index in [9.17, 15) is 0 Å². The largest absolute Gasteiger partial charge is 0.395 e. The van der Waals surface area contributed by atoms with E-state index in [1.54, 1.807) is 0 Å². The molecule has 2 N–H and O–H groups in total. The second-order valence-corrected chi connectivity index (χ2v) is 3.95. The van der Waals surface area contributed by atoms with Gasteiger partial charge in [0.1, 0.15) is 0 Å². The summed E-state index contributed by atoms with van der Waals surface area (Å²) < 4.78 is 0. The van der Waals surface area contributed by atoms with Crippen molar-refractivity contribution in [1.29, 1.82) is 0 Å². The molecule has 0 aromatic rings. The Bertz CT molecular complexity index is 116. The fourth-order valence-electron chi connectivity index (χ4n) is 2.06. The van der Waals surface area contributed by atoms with Gasteiger partial charge in [-0.15, -0.1) is 0 Å². The molecule has 72 valence electrons. The summed E-state index contributed by atoms with van der Waals surface area (Å²) >= 11 is 0. The molecule has 0 amide bonds. The van der Waals surface area contributed by atoms with Gasteiger partial charge in [-0.3, -0.25) is 0 Å². The van der Waals surface area contributed by atoms with Crippen molar-refractivity contribution in [3.8, 4) is 0 Å². The minimum Gasteiger partial charge on any atom is -0.395 e. The maximum Gasteiger partial charge on any atom is 0.0555 e. The Balaban J connectivity index is 2.11. The van der Waals surface area contributed by atoms with Crippen molar-refractivity contribution in [3.63, 3.8) is 0 Å². The van der Waals surface area contributed by atoms with E-state index >= 15 is 0 Å². The summed E-state index contributed by atoms with van der Waals surface area (Å²) in [6.45, 7) is 4.47. The fourth-order valence-corrected chi connectivity index (χ4v) is 2.06. The van der Waals surface area contributed by atoms with Gasteiger partial charge >= 0.3 is 0 Å². The van der Waals surface area contributed by atoms with Gasteiger partial charge in [-0.2, -0.15) is 0 Å². The van der Waals surface area contributed by atoms with Crippen molar-refractivity contribution in [2.45, 2.75) is 32.6 Å². The Labute approximate surface area is 75.4 Å². The molecule has 2 heteroatoms. The molecular weight excluding hydrogens is 150 g/mol. The lowest BCUT2D eigenvalue weighted by molar-refractivity contribution is 0.235. The van der Waals surface area contributed by atoms with E-state index in [1.807, 2.05) is 0 Å². The van der Waals surface area contributed by atoms with Crippen LogP contribution in [0, 0.1) is 11.8 Å². The molecule has 0 aromatic heterocycles. The molecule has 2 unspecified atom stereocenters. The van der Waals surface area contributed by atoms with Gasteiger partial charge in [0, 0.05) is 6.54 Å². The predicted octanol–water partition coefficient (Wildman–Crippen LogP) is 1.39. The van der Waals surface area contributed by atoms with E-state index in [1.165, 1.54) is 25.7 Å². The van der Waals surface area contributed by atoms with Gasteiger partial charge in [0.25, 0.3) is 0 Å². The first-order chi connectivity index (χ1) is 5.84. The van der Waals surface area contributed by atoms with Gasteiger partial charge in [0.15, 0.2) is 0 Å². The predicted molar refractivity (Wildman–Crippen MR) is 51.1 cm³/mol. The Morgan fingerprint density at radius 2 is 2.08 bits per heavy atom.